The Morgan fingerprint density at radius 1 is 1.32 bits per heavy atom. The van der Waals surface area contributed by atoms with Gasteiger partial charge in [-0.3, -0.25) is 10.1 Å². The molecule has 6 nitrogen and oxygen atoms in total. The Morgan fingerprint density at radius 3 is 2.76 bits per heavy atom. The molecule has 2 aromatic carbocycles. The van der Waals surface area contributed by atoms with E-state index >= 15 is 0 Å². The SMILES string of the molecule is C#Cc1nc(C(=O)N2[C@@H](c3ccc(C#N)cc3)c3ccc(OC)cc3C[C@@H]2NCCCC)cs1. The molecule has 0 spiro atoms. The van der Waals surface area contributed by atoms with Crippen LogP contribution in [-0.4, -0.2) is 35.6 Å². The van der Waals surface area contributed by atoms with Gasteiger partial charge in [-0.2, -0.15) is 5.26 Å². The molecule has 1 aromatic heterocycles. The molecule has 1 aliphatic heterocycles. The lowest BCUT2D eigenvalue weighted by atomic mass is 9.86. The van der Waals surface area contributed by atoms with Gasteiger partial charge in [-0.05, 0) is 59.8 Å². The first-order chi connectivity index (χ1) is 16.6. The van der Waals surface area contributed by atoms with Crippen molar-refractivity contribution in [2.24, 2.45) is 0 Å². The third kappa shape index (κ3) is 4.68. The molecular weight excluding hydrogens is 444 g/mol. The van der Waals surface area contributed by atoms with Gasteiger partial charge in [0.1, 0.15) is 11.4 Å². The van der Waals surface area contributed by atoms with Gasteiger partial charge in [0.05, 0.1) is 31.0 Å². The van der Waals surface area contributed by atoms with Crippen molar-refractivity contribution in [2.45, 2.75) is 38.4 Å². The number of unbranched alkanes of at least 4 members (excludes halogenated alkanes) is 1. The molecule has 0 saturated carbocycles. The standard InChI is InChI=1S/C27H26N4O2S/c1-4-6-13-29-24-15-20-14-21(33-3)11-12-22(20)26(19-9-7-18(16-28)8-10-19)31(24)27(32)23-17-34-25(5-2)30-23/h2,7-12,14,17,24,26,29H,4,6,13,15H2,1,3H3/t24-,26+/m1/s1. The van der Waals surface area contributed by atoms with Crippen molar-refractivity contribution in [3.05, 3.63) is 80.8 Å². The van der Waals surface area contributed by atoms with Crippen molar-refractivity contribution in [3.63, 3.8) is 0 Å². The normalized spacial score (nSPS) is 16.9. The van der Waals surface area contributed by atoms with Crippen LogP contribution >= 0.6 is 11.3 Å². The summed E-state index contributed by atoms with van der Waals surface area (Å²) in [5.41, 5.74) is 3.99. The van der Waals surface area contributed by atoms with Crippen LogP contribution in [0.4, 0.5) is 0 Å². The Hall–Kier alpha value is -3.65. The Kier molecular flexibility index (Phi) is 7.27. The molecular formula is C27H26N4O2S. The number of fused-ring (bicyclic) bond motifs is 1. The molecule has 2 atom stereocenters. The van der Waals surface area contributed by atoms with Crippen LogP contribution in [0.25, 0.3) is 0 Å². The second-order valence-electron chi connectivity index (χ2n) is 8.12. The summed E-state index contributed by atoms with van der Waals surface area (Å²) in [7, 11) is 1.65. The number of amides is 1. The van der Waals surface area contributed by atoms with Crippen molar-refractivity contribution >= 4 is 17.2 Å². The summed E-state index contributed by atoms with van der Waals surface area (Å²) in [4.78, 5) is 20.1. The summed E-state index contributed by atoms with van der Waals surface area (Å²) >= 11 is 1.29. The van der Waals surface area contributed by atoms with Gasteiger partial charge >= 0.3 is 0 Å². The zero-order valence-electron chi connectivity index (χ0n) is 19.2. The average molecular weight is 471 g/mol. The van der Waals surface area contributed by atoms with Crippen LogP contribution in [0.3, 0.4) is 0 Å². The first-order valence-electron chi connectivity index (χ1n) is 11.2. The molecule has 34 heavy (non-hydrogen) atoms. The molecule has 0 fully saturated rings. The Morgan fingerprint density at radius 2 is 2.12 bits per heavy atom. The number of methoxy groups -OCH3 is 1. The first kappa shape index (κ1) is 23.5. The van der Waals surface area contributed by atoms with E-state index in [0.29, 0.717) is 22.7 Å². The lowest BCUT2D eigenvalue weighted by Gasteiger charge is -2.44. The van der Waals surface area contributed by atoms with Gasteiger partial charge in [0.25, 0.3) is 5.91 Å². The van der Waals surface area contributed by atoms with Crippen LogP contribution in [0.2, 0.25) is 0 Å². The van der Waals surface area contributed by atoms with E-state index in [-0.39, 0.29) is 18.1 Å². The van der Waals surface area contributed by atoms with E-state index in [0.717, 1.165) is 41.8 Å². The molecule has 2 heterocycles. The van der Waals surface area contributed by atoms with Crippen molar-refractivity contribution in [1.82, 2.24) is 15.2 Å². The number of thiazole rings is 1. The molecule has 0 aliphatic carbocycles. The number of rotatable bonds is 7. The molecule has 1 amide bonds. The van der Waals surface area contributed by atoms with E-state index in [2.05, 4.69) is 29.2 Å². The number of aromatic nitrogens is 1. The molecule has 1 N–H and O–H groups in total. The van der Waals surface area contributed by atoms with Crippen molar-refractivity contribution in [3.8, 4) is 24.2 Å². The highest BCUT2D eigenvalue weighted by molar-refractivity contribution is 7.10. The fraction of sp³-hybridized carbons (Fsp3) is 0.296. The van der Waals surface area contributed by atoms with Gasteiger partial charge in [-0.15, -0.1) is 17.8 Å². The molecule has 0 saturated heterocycles. The highest BCUT2D eigenvalue weighted by Crippen LogP contribution is 2.40. The lowest BCUT2D eigenvalue weighted by Crippen LogP contribution is -2.54. The van der Waals surface area contributed by atoms with Crippen LogP contribution in [0.15, 0.2) is 47.8 Å². The quantitative estimate of drug-likeness (QED) is 0.406. The fourth-order valence-electron chi connectivity index (χ4n) is 4.31. The number of nitrogens with zero attached hydrogens (tertiary/aromatic N) is 3. The maximum atomic E-state index is 13.9. The van der Waals surface area contributed by atoms with Crippen molar-refractivity contribution in [2.75, 3.05) is 13.7 Å². The molecule has 3 aromatic rings. The number of carbonyl (C=O) groups excluding carboxylic acids is 1. The third-order valence-electron chi connectivity index (χ3n) is 6.02. The predicted octanol–water partition coefficient (Wildman–Crippen LogP) is 4.51. The number of terminal acetylenes is 1. The number of benzene rings is 2. The monoisotopic (exact) mass is 470 g/mol. The minimum Gasteiger partial charge on any atom is -0.497 e. The van der Waals surface area contributed by atoms with Crippen LogP contribution in [-0.2, 0) is 6.42 Å². The third-order valence-corrected chi connectivity index (χ3v) is 6.79. The minimum atomic E-state index is -0.356. The van der Waals surface area contributed by atoms with Crippen LogP contribution < -0.4 is 10.1 Å². The Balaban J connectivity index is 1.85. The fourth-order valence-corrected chi connectivity index (χ4v) is 4.91. The number of hydrogen-bond donors (Lipinski definition) is 1. The highest BCUT2D eigenvalue weighted by Gasteiger charge is 2.39. The van der Waals surface area contributed by atoms with E-state index in [4.69, 9.17) is 11.2 Å². The highest BCUT2D eigenvalue weighted by atomic mass is 32.1. The molecule has 7 heteroatoms. The summed E-state index contributed by atoms with van der Waals surface area (Å²) in [5, 5.41) is 15.1. The van der Waals surface area contributed by atoms with Gasteiger partial charge in [0.2, 0.25) is 0 Å². The average Bonchev–Trinajstić information content (AvgIpc) is 3.37. The summed E-state index contributed by atoms with van der Waals surface area (Å²) in [6.07, 6.45) is 7.96. The summed E-state index contributed by atoms with van der Waals surface area (Å²) < 4.78 is 5.48. The van der Waals surface area contributed by atoms with Gasteiger partial charge < -0.3 is 9.64 Å². The first-order valence-corrected chi connectivity index (χ1v) is 12.1. The van der Waals surface area contributed by atoms with Crippen LogP contribution in [0.1, 0.15) is 63.6 Å². The number of ether oxygens (including phenoxy) is 1. The van der Waals surface area contributed by atoms with E-state index < -0.39 is 0 Å². The van der Waals surface area contributed by atoms with E-state index in [1.165, 1.54) is 11.3 Å². The van der Waals surface area contributed by atoms with Gasteiger partial charge in [0.15, 0.2) is 5.01 Å². The predicted molar refractivity (Wildman–Crippen MR) is 133 cm³/mol. The Labute approximate surface area is 204 Å². The molecule has 1 aliphatic rings. The number of carbonyl (C=O) groups is 1. The topological polar surface area (TPSA) is 78.2 Å². The maximum Gasteiger partial charge on any atom is 0.275 e. The molecule has 0 radical (unpaired) electrons. The number of nitriles is 1. The van der Waals surface area contributed by atoms with Gasteiger partial charge in [-0.25, -0.2) is 4.98 Å². The summed E-state index contributed by atoms with van der Waals surface area (Å²) in [6.45, 7) is 2.93. The van der Waals surface area contributed by atoms with Crippen molar-refractivity contribution in [1.29, 1.82) is 5.26 Å². The number of nitrogens with one attached hydrogen (secondary N) is 1. The van der Waals surface area contributed by atoms with Crippen molar-refractivity contribution < 1.29 is 9.53 Å². The smallest absolute Gasteiger partial charge is 0.275 e. The zero-order chi connectivity index (χ0) is 24.1. The lowest BCUT2D eigenvalue weighted by molar-refractivity contribution is 0.0525. The van der Waals surface area contributed by atoms with E-state index in [1.807, 2.05) is 35.2 Å². The minimum absolute atomic E-state index is 0.178. The Bertz CT molecular complexity index is 1250. The summed E-state index contributed by atoms with van der Waals surface area (Å²) in [6, 6.07) is 15.2. The van der Waals surface area contributed by atoms with Crippen LogP contribution in [0.5, 0.6) is 5.75 Å². The molecule has 0 bridgehead atoms. The largest absolute Gasteiger partial charge is 0.497 e. The second kappa shape index (κ2) is 10.5. The van der Waals surface area contributed by atoms with E-state index in [1.54, 1.807) is 24.6 Å². The summed E-state index contributed by atoms with van der Waals surface area (Å²) in [5.74, 6) is 3.12. The maximum absolute atomic E-state index is 13.9. The molecule has 0 unspecified atom stereocenters. The zero-order valence-corrected chi connectivity index (χ0v) is 20.1. The second-order valence-corrected chi connectivity index (χ2v) is 8.98. The molecule has 172 valence electrons. The molecule has 4 rings (SSSR count). The number of hydrogen-bond acceptors (Lipinski definition) is 6. The van der Waals surface area contributed by atoms with E-state index in [9.17, 15) is 10.1 Å². The van der Waals surface area contributed by atoms with Gasteiger partial charge in [0, 0.05) is 11.8 Å². The van der Waals surface area contributed by atoms with Gasteiger partial charge in [-0.1, -0.05) is 31.5 Å². The van der Waals surface area contributed by atoms with Crippen LogP contribution in [0, 0.1) is 23.7 Å².